The van der Waals surface area contributed by atoms with E-state index in [9.17, 15) is 9.59 Å². The summed E-state index contributed by atoms with van der Waals surface area (Å²) in [4.78, 5) is 23.1. The van der Waals surface area contributed by atoms with E-state index >= 15 is 0 Å². The summed E-state index contributed by atoms with van der Waals surface area (Å²) in [6.07, 6.45) is 0.680. The maximum atomic E-state index is 10.9. The zero-order valence-corrected chi connectivity index (χ0v) is 7.45. The van der Waals surface area contributed by atoms with Gasteiger partial charge in [0, 0.05) is 12.4 Å². The van der Waals surface area contributed by atoms with Gasteiger partial charge in [-0.2, -0.15) is 0 Å². The third-order valence-corrected chi connectivity index (χ3v) is 2.48. The molecule has 0 atom stereocenters. The third kappa shape index (κ3) is 2.10. The molecule has 0 radical (unpaired) electrons. The van der Waals surface area contributed by atoms with E-state index in [0.717, 1.165) is 11.8 Å². The van der Waals surface area contributed by atoms with Crippen molar-refractivity contribution in [1.82, 2.24) is 4.90 Å². The van der Waals surface area contributed by atoms with Crippen LogP contribution in [-0.4, -0.2) is 34.2 Å². The Hall–Kier alpha value is -0.220. The van der Waals surface area contributed by atoms with Crippen molar-refractivity contribution in [2.24, 2.45) is 0 Å². The highest BCUT2D eigenvalue weighted by molar-refractivity contribution is 8.14. The number of nitrogens with zero attached hydrogens (tertiary/aromatic N) is 1. The molecule has 0 saturated carbocycles. The minimum atomic E-state index is -0.139. The summed E-state index contributed by atoms with van der Waals surface area (Å²) >= 11 is 6.48. The van der Waals surface area contributed by atoms with Gasteiger partial charge in [-0.05, 0) is 6.42 Å². The molecule has 5 heteroatoms. The number of imide groups is 1. The first kappa shape index (κ1) is 8.87. The second-order valence-electron chi connectivity index (χ2n) is 2.14. The second-order valence-corrected chi connectivity index (χ2v) is 3.45. The van der Waals surface area contributed by atoms with Gasteiger partial charge in [0.15, 0.2) is 0 Å². The Bertz CT molecular complexity index is 169. The van der Waals surface area contributed by atoms with Crippen LogP contribution in [0, 0.1) is 0 Å². The summed E-state index contributed by atoms with van der Waals surface area (Å²) in [6, 6.07) is 0. The van der Waals surface area contributed by atoms with E-state index in [2.05, 4.69) is 0 Å². The van der Waals surface area contributed by atoms with Crippen LogP contribution >= 0.6 is 23.4 Å². The molecule has 0 aromatic rings. The van der Waals surface area contributed by atoms with Gasteiger partial charge in [0.2, 0.25) is 5.91 Å². The molecule has 0 aromatic carbocycles. The Morgan fingerprint density at radius 3 is 2.73 bits per heavy atom. The highest BCUT2D eigenvalue weighted by atomic mass is 35.5. The van der Waals surface area contributed by atoms with Crippen LogP contribution < -0.4 is 0 Å². The molecule has 0 aliphatic carbocycles. The molecule has 1 heterocycles. The van der Waals surface area contributed by atoms with Crippen molar-refractivity contribution in [3.05, 3.63) is 0 Å². The Morgan fingerprint density at radius 2 is 2.27 bits per heavy atom. The fourth-order valence-corrected chi connectivity index (χ4v) is 1.69. The predicted octanol–water partition coefficient (Wildman–Crippen LogP) is 1.31. The van der Waals surface area contributed by atoms with Gasteiger partial charge in [-0.1, -0.05) is 11.8 Å². The fourth-order valence-electron chi connectivity index (χ4n) is 0.815. The Kier molecular flexibility index (Phi) is 3.20. The van der Waals surface area contributed by atoms with Crippen LogP contribution in [0.5, 0.6) is 0 Å². The van der Waals surface area contributed by atoms with Crippen LogP contribution in [0.25, 0.3) is 0 Å². The monoisotopic (exact) mass is 193 g/mol. The highest BCUT2D eigenvalue weighted by Crippen LogP contribution is 2.18. The molecule has 1 aliphatic rings. The van der Waals surface area contributed by atoms with E-state index in [1.54, 1.807) is 0 Å². The number of amides is 2. The molecule has 11 heavy (non-hydrogen) atoms. The fraction of sp³-hybridized carbons (Fsp3) is 0.667. The molecule has 0 bridgehead atoms. The summed E-state index contributed by atoms with van der Waals surface area (Å²) in [5.74, 6) is 0.688. The zero-order chi connectivity index (χ0) is 8.27. The summed E-state index contributed by atoms with van der Waals surface area (Å²) in [5, 5.41) is -0.139. The van der Waals surface area contributed by atoms with E-state index < -0.39 is 0 Å². The van der Waals surface area contributed by atoms with Gasteiger partial charge in [0.05, 0.1) is 5.75 Å². The maximum Gasteiger partial charge on any atom is 0.288 e. The number of carbonyl (C=O) groups excluding carboxylic acids is 2. The van der Waals surface area contributed by atoms with Gasteiger partial charge in [0.25, 0.3) is 5.24 Å². The van der Waals surface area contributed by atoms with Crippen molar-refractivity contribution >= 4 is 34.5 Å². The van der Waals surface area contributed by atoms with Crippen LogP contribution in [0.4, 0.5) is 4.79 Å². The first-order valence-corrected chi connectivity index (χ1v) is 4.81. The van der Waals surface area contributed by atoms with Crippen LogP contribution in [-0.2, 0) is 4.79 Å². The largest absolute Gasteiger partial charge is 0.288 e. The van der Waals surface area contributed by atoms with Gasteiger partial charge < -0.3 is 0 Å². The average Bonchev–Trinajstić information content (AvgIpc) is 2.29. The minimum Gasteiger partial charge on any atom is -0.273 e. The number of hydrogen-bond acceptors (Lipinski definition) is 3. The SMILES string of the molecule is O=C1CSC(=O)N1CCCCl. The van der Waals surface area contributed by atoms with Gasteiger partial charge in [-0.3, -0.25) is 14.5 Å². The van der Waals surface area contributed by atoms with Gasteiger partial charge in [-0.15, -0.1) is 11.6 Å². The molecular weight excluding hydrogens is 186 g/mol. The topological polar surface area (TPSA) is 37.4 Å². The van der Waals surface area contributed by atoms with Crippen molar-refractivity contribution in [2.75, 3.05) is 18.2 Å². The molecule has 1 fully saturated rings. The molecule has 0 aromatic heterocycles. The number of thioether (sulfide) groups is 1. The van der Waals surface area contributed by atoms with E-state index in [-0.39, 0.29) is 11.1 Å². The lowest BCUT2D eigenvalue weighted by molar-refractivity contribution is -0.124. The molecule has 1 saturated heterocycles. The molecule has 0 spiro atoms. The first-order chi connectivity index (χ1) is 5.25. The molecule has 0 unspecified atom stereocenters. The van der Waals surface area contributed by atoms with Crippen LogP contribution in [0.1, 0.15) is 6.42 Å². The summed E-state index contributed by atoms with van der Waals surface area (Å²) in [5.41, 5.74) is 0. The van der Waals surface area contributed by atoms with Crippen LogP contribution in [0.15, 0.2) is 0 Å². The standard InChI is InChI=1S/C6H8ClNO2S/c7-2-1-3-8-5(9)4-11-6(8)10/h1-4H2. The first-order valence-electron chi connectivity index (χ1n) is 3.29. The molecule has 0 N–H and O–H groups in total. The van der Waals surface area contributed by atoms with E-state index in [0.29, 0.717) is 24.6 Å². The van der Waals surface area contributed by atoms with Gasteiger partial charge >= 0.3 is 0 Å². The zero-order valence-electron chi connectivity index (χ0n) is 5.88. The lowest BCUT2D eigenvalue weighted by Gasteiger charge is -2.10. The number of hydrogen-bond donors (Lipinski definition) is 0. The molecule has 3 nitrogen and oxygen atoms in total. The Balaban J connectivity index is 2.41. The van der Waals surface area contributed by atoms with E-state index in [4.69, 9.17) is 11.6 Å². The van der Waals surface area contributed by atoms with Gasteiger partial charge in [-0.25, -0.2) is 0 Å². The smallest absolute Gasteiger partial charge is 0.273 e. The molecular formula is C6H8ClNO2S. The van der Waals surface area contributed by atoms with Crippen molar-refractivity contribution in [1.29, 1.82) is 0 Å². The molecule has 1 aliphatic heterocycles. The second kappa shape index (κ2) is 3.97. The van der Waals surface area contributed by atoms with E-state index in [1.807, 2.05) is 0 Å². The summed E-state index contributed by atoms with van der Waals surface area (Å²) in [6.45, 7) is 0.466. The normalized spacial score (nSPS) is 18.1. The molecule has 1 rings (SSSR count). The Labute approximate surface area is 74.1 Å². The van der Waals surface area contributed by atoms with Crippen molar-refractivity contribution in [3.8, 4) is 0 Å². The number of halogens is 1. The average molecular weight is 194 g/mol. The quantitative estimate of drug-likeness (QED) is 0.635. The maximum absolute atomic E-state index is 10.9. The minimum absolute atomic E-state index is 0.0925. The summed E-state index contributed by atoms with van der Waals surface area (Å²) < 4.78 is 0. The third-order valence-electron chi connectivity index (χ3n) is 1.36. The van der Waals surface area contributed by atoms with Crippen molar-refractivity contribution in [3.63, 3.8) is 0 Å². The lowest BCUT2D eigenvalue weighted by atomic mass is 10.4. The number of alkyl halides is 1. The number of carbonyl (C=O) groups is 2. The van der Waals surface area contributed by atoms with Crippen LogP contribution in [0.3, 0.4) is 0 Å². The van der Waals surface area contributed by atoms with Crippen LogP contribution in [0.2, 0.25) is 0 Å². The lowest BCUT2D eigenvalue weighted by Crippen LogP contribution is -2.29. The van der Waals surface area contributed by atoms with Gasteiger partial charge in [0.1, 0.15) is 0 Å². The number of rotatable bonds is 3. The predicted molar refractivity (Wildman–Crippen MR) is 44.9 cm³/mol. The van der Waals surface area contributed by atoms with Crippen molar-refractivity contribution in [2.45, 2.75) is 6.42 Å². The summed E-state index contributed by atoms with van der Waals surface area (Å²) in [7, 11) is 0. The highest BCUT2D eigenvalue weighted by Gasteiger charge is 2.28. The van der Waals surface area contributed by atoms with Crippen molar-refractivity contribution < 1.29 is 9.59 Å². The molecule has 62 valence electrons. The molecule has 2 amide bonds. The Morgan fingerprint density at radius 1 is 1.55 bits per heavy atom. The van der Waals surface area contributed by atoms with E-state index in [1.165, 1.54) is 4.90 Å².